The summed E-state index contributed by atoms with van der Waals surface area (Å²) >= 11 is 0. The molecule has 0 aliphatic carbocycles. The van der Waals surface area contributed by atoms with Gasteiger partial charge in [0.2, 0.25) is 11.5 Å². The van der Waals surface area contributed by atoms with E-state index in [0.29, 0.717) is 22.5 Å². The van der Waals surface area contributed by atoms with E-state index in [0.717, 1.165) is 0 Å². The van der Waals surface area contributed by atoms with Crippen LogP contribution in [0.4, 0.5) is 11.4 Å². The Morgan fingerprint density at radius 1 is 0.674 bits per heavy atom. The zero-order valence-electron chi connectivity index (χ0n) is 25.3. The maximum atomic E-state index is 13.2. The van der Waals surface area contributed by atoms with Crippen LogP contribution in [0, 0.1) is 34.1 Å². The lowest BCUT2D eigenvalue weighted by Crippen LogP contribution is -2.16. The minimum Gasteiger partial charge on any atom is -0.490 e. The highest BCUT2D eigenvalue weighted by Crippen LogP contribution is 2.36. The first-order chi connectivity index (χ1) is 22.1. The summed E-state index contributed by atoms with van der Waals surface area (Å²) in [6.45, 7) is 3.07. The van der Waals surface area contributed by atoms with E-state index in [4.69, 9.17) is 18.9 Å². The van der Waals surface area contributed by atoms with Gasteiger partial charge < -0.3 is 29.6 Å². The van der Waals surface area contributed by atoms with Gasteiger partial charge in [0.1, 0.15) is 22.6 Å². The Morgan fingerprint density at radius 3 is 1.41 bits per heavy atom. The van der Waals surface area contributed by atoms with Gasteiger partial charge in [-0.15, -0.1) is 0 Å². The van der Waals surface area contributed by atoms with Gasteiger partial charge in [0, 0.05) is 23.5 Å². The smallest absolute Gasteiger partial charge is 0.347 e. The van der Waals surface area contributed by atoms with E-state index >= 15 is 0 Å². The number of nitrogens with one attached hydrogen (secondary N) is 2. The molecule has 0 atom stereocenters. The molecular weight excluding hydrogens is 600 g/mol. The molecule has 2 aliphatic heterocycles. The molecule has 0 fully saturated rings. The van der Waals surface area contributed by atoms with Crippen LogP contribution in [0.15, 0.2) is 96.0 Å². The van der Waals surface area contributed by atoms with E-state index < -0.39 is 21.8 Å². The maximum Gasteiger partial charge on any atom is 0.347 e. The van der Waals surface area contributed by atoms with Crippen molar-refractivity contribution in [2.24, 2.45) is 0 Å². The number of carbonyl (C=O) groups is 2. The fourth-order valence-electron chi connectivity index (χ4n) is 4.71. The Labute approximate surface area is 263 Å². The molecule has 0 saturated heterocycles. The quantitative estimate of drug-likeness (QED) is 0.176. The summed E-state index contributed by atoms with van der Waals surface area (Å²) in [5.41, 5.74) is 0.675. The summed E-state index contributed by atoms with van der Waals surface area (Å²) in [5.74, 6) is -1.86. The summed E-state index contributed by atoms with van der Waals surface area (Å²) in [5, 5.41) is 29.4. The van der Waals surface area contributed by atoms with E-state index in [2.05, 4.69) is 10.6 Å². The number of methoxy groups -OCH3 is 2. The molecule has 2 heterocycles. The van der Waals surface area contributed by atoms with E-state index in [1.165, 1.54) is 52.3 Å². The lowest BCUT2D eigenvalue weighted by Gasteiger charge is -2.16. The van der Waals surface area contributed by atoms with Crippen molar-refractivity contribution in [3.05, 3.63) is 139 Å². The van der Waals surface area contributed by atoms with Crippen molar-refractivity contribution < 1.29 is 38.4 Å². The lowest BCUT2D eigenvalue weighted by atomic mass is 10.1. The van der Waals surface area contributed by atoms with Crippen LogP contribution in [-0.4, -0.2) is 36.0 Å². The molecule has 0 radical (unpaired) electrons. The molecule has 2 aliphatic rings. The van der Waals surface area contributed by atoms with Gasteiger partial charge in [-0.1, -0.05) is 24.3 Å². The summed E-state index contributed by atoms with van der Waals surface area (Å²) in [6, 6.07) is 5.67. The number of nitro groups is 2. The molecule has 2 N–H and O–H groups in total. The second kappa shape index (κ2) is 14.5. The van der Waals surface area contributed by atoms with Crippen molar-refractivity contribution >= 4 is 23.3 Å². The Kier molecular flexibility index (Phi) is 10.3. The van der Waals surface area contributed by atoms with Crippen molar-refractivity contribution in [3.8, 4) is 11.5 Å². The van der Waals surface area contributed by atoms with Crippen molar-refractivity contribution in [3.63, 3.8) is 0 Å². The number of hydrogen-bond donors (Lipinski definition) is 2. The van der Waals surface area contributed by atoms with Gasteiger partial charge in [0.05, 0.1) is 35.5 Å². The fourth-order valence-corrected chi connectivity index (χ4v) is 4.71. The van der Waals surface area contributed by atoms with Gasteiger partial charge in [-0.2, -0.15) is 0 Å². The predicted octanol–water partition coefficient (Wildman–Crippen LogP) is 5.70. The molecule has 0 unspecified atom stereocenters. The number of aryl methyl sites for hydroxylation is 2. The minimum atomic E-state index is -0.866. The Hall–Kier alpha value is -6.18. The summed E-state index contributed by atoms with van der Waals surface area (Å²) in [6.07, 6.45) is 13.5. The first-order valence-corrected chi connectivity index (χ1v) is 13.8. The Bertz CT molecular complexity index is 1650. The van der Waals surface area contributed by atoms with Gasteiger partial charge >= 0.3 is 23.3 Å². The van der Waals surface area contributed by atoms with Crippen LogP contribution < -0.4 is 20.1 Å². The molecule has 0 aromatic heterocycles. The molecule has 0 amide bonds. The van der Waals surface area contributed by atoms with Crippen LogP contribution in [0.5, 0.6) is 11.5 Å². The third-order valence-corrected chi connectivity index (χ3v) is 6.93. The monoisotopic (exact) mass is 630 g/mol. The Balaban J connectivity index is 1.62. The van der Waals surface area contributed by atoms with Crippen LogP contribution >= 0.6 is 0 Å². The van der Waals surface area contributed by atoms with Gasteiger partial charge in [-0.25, -0.2) is 9.59 Å². The zero-order valence-corrected chi connectivity index (χ0v) is 25.3. The van der Waals surface area contributed by atoms with Crippen LogP contribution in [0.3, 0.4) is 0 Å². The molecule has 46 heavy (non-hydrogen) atoms. The van der Waals surface area contributed by atoms with Gasteiger partial charge in [0.25, 0.3) is 0 Å². The van der Waals surface area contributed by atoms with Crippen molar-refractivity contribution in [2.45, 2.75) is 26.7 Å². The van der Waals surface area contributed by atoms with E-state index in [9.17, 15) is 29.8 Å². The fraction of sp³-hybridized carbons (Fsp3) is 0.188. The minimum absolute atomic E-state index is 0.123. The maximum absolute atomic E-state index is 13.2. The normalized spacial score (nSPS) is 13.7. The molecule has 4 rings (SSSR count). The van der Waals surface area contributed by atoms with Gasteiger partial charge in [0.15, 0.2) is 0 Å². The summed E-state index contributed by atoms with van der Waals surface area (Å²) in [7, 11) is 2.47. The number of hydrogen-bond acceptors (Lipinski definition) is 12. The molecule has 2 aromatic rings. The molecule has 0 saturated carbocycles. The summed E-state index contributed by atoms with van der Waals surface area (Å²) < 4.78 is 21.8. The molecular formula is C32H30N4O10. The highest BCUT2D eigenvalue weighted by Gasteiger charge is 2.29. The number of nitro benzene ring substituents is 2. The predicted molar refractivity (Wildman–Crippen MR) is 166 cm³/mol. The van der Waals surface area contributed by atoms with Crippen LogP contribution in [0.25, 0.3) is 0 Å². The van der Waals surface area contributed by atoms with E-state index in [-0.39, 0.29) is 58.4 Å². The number of rotatable bonds is 11. The molecule has 14 nitrogen and oxygen atoms in total. The second-order valence-corrected chi connectivity index (χ2v) is 9.83. The third-order valence-electron chi connectivity index (χ3n) is 6.93. The number of allylic oxidation sites excluding steroid dienone is 8. The number of esters is 2. The average Bonchev–Trinajstić information content (AvgIpc) is 3.38. The molecule has 14 heteroatoms. The average molecular weight is 631 g/mol. The van der Waals surface area contributed by atoms with Crippen LogP contribution in [0.2, 0.25) is 0 Å². The van der Waals surface area contributed by atoms with Crippen LogP contribution in [0.1, 0.15) is 44.7 Å². The first-order valence-electron chi connectivity index (χ1n) is 13.8. The van der Waals surface area contributed by atoms with E-state index in [1.54, 1.807) is 48.9 Å². The molecule has 0 bridgehead atoms. The SMILES string of the molecule is COc1c(C(=O)OC2=C(CCC3=C(OC(=O)c4ccc(C)c([N+](=O)[O-])c4OC)C=CC=CN3)NC=CC=C2)ccc(C)c1[N+](=O)[O-]. The number of nitrogens with zero attached hydrogens (tertiary/aromatic N) is 2. The number of benzene rings is 2. The first kappa shape index (κ1) is 32.7. The zero-order chi connectivity index (χ0) is 33.4. The van der Waals surface area contributed by atoms with E-state index in [1.807, 2.05) is 0 Å². The molecule has 238 valence electrons. The van der Waals surface area contributed by atoms with Crippen molar-refractivity contribution in [2.75, 3.05) is 14.2 Å². The summed E-state index contributed by atoms with van der Waals surface area (Å²) in [4.78, 5) is 48.5. The van der Waals surface area contributed by atoms with Crippen molar-refractivity contribution in [1.29, 1.82) is 0 Å². The van der Waals surface area contributed by atoms with Crippen LogP contribution in [-0.2, 0) is 9.47 Å². The Morgan fingerprint density at radius 2 is 1.07 bits per heavy atom. The molecule has 2 aromatic carbocycles. The lowest BCUT2D eigenvalue weighted by molar-refractivity contribution is -0.386. The van der Waals surface area contributed by atoms with Gasteiger partial charge in [-0.3, -0.25) is 20.2 Å². The highest BCUT2D eigenvalue weighted by atomic mass is 16.6. The second-order valence-electron chi connectivity index (χ2n) is 9.83. The number of carbonyl (C=O) groups excluding carboxylic acids is 2. The standard InChI is InChI=1S/C32H30N4O10/c1-19-11-13-21(29(43-3)27(19)35(39)40)31(37)45-25-9-5-7-17-33-23(25)15-16-24-26(10-6-8-18-34-24)46-32(38)22-14-12-20(2)28(36(41)42)30(22)44-4/h5-14,17-18,33-34H,15-16H2,1-4H3. The number of ether oxygens (including phenoxy) is 4. The largest absolute Gasteiger partial charge is 0.490 e. The highest BCUT2D eigenvalue weighted by molar-refractivity contribution is 5.96. The van der Waals surface area contributed by atoms with Crippen molar-refractivity contribution in [1.82, 2.24) is 10.6 Å². The topological polar surface area (TPSA) is 181 Å². The third kappa shape index (κ3) is 7.13. The molecule has 0 spiro atoms. The van der Waals surface area contributed by atoms with Gasteiger partial charge in [-0.05, 0) is 63.1 Å².